The van der Waals surface area contributed by atoms with Gasteiger partial charge in [-0.2, -0.15) is 0 Å². The van der Waals surface area contributed by atoms with Crippen LogP contribution in [-0.4, -0.2) is 32.8 Å². The summed E-state index contributed by atoms with van der Waals surface area (Å²) in [6, 6.07) is 15.5. The van der Waals surface area contributed by atoms with Crippen LogP contribution in [0.1, 0.15) is 17.3 Å². The third kappa shape index (κ3) is 3.58. The van der Waals surface area contributed by atoms with E-state index in [9.17, 15) is 21.6 Å². The molecule has 6 nitrogen and oxygen atoms in total. The summed E-state index contributed by atoms with van der Waals surface area (Å²) >= 11 is 0. The molecule has 27 heavy (non-hydrogen) atoms. The Hall–Kier alpha value is -2.71. The third-order valence-electron chi connectivity index (χ3n) is 4.11. The van der Waals surface area contributed by atoms with E-state index in [2.05, 4.69) is 0 Å². The Morgan fingerprint density at radius 3 is 2.19 bits per heavy atom. The lowest BCUT2D eigenvalue weighted by Crippen LogP contribution is -2.14. The Bertz CT molecular complexity index is 1190. The van der Waals surface area contributed by atoms with Crippen molar-refractivity contribution in [2.45, 2.75) is 16.7 Å². The quantitative estimate of drug-likeness (QED) is 0.590. The lowest BCUT2D eigenvalue weighted by molar-refractivity contribution is 0.112. The summed E-state index contributed by atoms with van der Waals surface area (Å²) in [5.74, 6) is -0.134. The van der Waals surface area contributed by atoms with Gasteiger partial charge in [0.15, 0.2) is 16.1 Å². The van der Waals surface area contributed by atoms with E-state index >= 15 is 0 Å². The van der Waals surface area contributed by atoms with Crippen LogP contribution in [0.4, 0.5) is 0 Å². The van der Waals surface area contributed by atoms with E-state index in [-0.39, 0.29) is 21.1 Å². The van der Waals surface area contributed by atoms with Crippen molar-refractivity contribution in [3.8, 4) is 11.3 Å². The number of carbonyl (C=O) groups excluding carboxylic acids is 1. The van der Waals surface area contributed by atoms with Gasteiger partial charge in [0, 0.05) is 11.8 Å². The standard InChI is InChI=1S/C19H17NO5S2/c1-2-26(22,23)17-9-6-10-18(12-17)27(24,25)20-13-15(14-21)11-19(20)16-7-4-3-5-8-16/h3-14H,2H2,1H3. The highest BCUT2D eigenvalue weighted by molar-refractivity contribution is 7.91. The zero-order valence-corrected chi connectivity index (χ0v) is 16.1. The number of rotatable bonds is 6. The summed E-state index contributed by atoms with van der Waals surface area (Å²) in [5, 5.41) is 0. The first-order valence-electron chi connectivity index (χ1n) is 8.11. The van der Waals surface area contributed by atoms with E-state index in [0.29, 0.717) is 17.5 Å². The van der Waals surface area contributed by atoms with Crippen molar-refractivity contribution in [3.05, 3.63) is 72.4 Å². The number of hydrogen-bond acceptors (Lipinski definition) is 5. The topological polar surface area (TPSA) is 90.3 Å². The Balaban J connectivity index is 2.21. The molecule has 0 amide bonds. The zero-order chi connectivity index (χ0) is 19.7. The number of benzene rings is 2. The van der Waals surface area contributed by atoms with Gasteiger partial charge >= 0.3 is 0 Å². The van der Waals surface area contributed by atoms with Crippen LogP contribution in [0.5, 0.6) is 0 Å². The van der Waals surface area contributed by atoms with Gasteiger partial charge in [0.1, 0.15) is 0 Å². The van der Waals surface area contributed by atoms with Gasteiger partial charge in [0.05, 0.1) is 21.2 Å². The van der Waals surface area contributed by atoms with Crippen LogP contribution in [-0.2, 0) is 19.9 Å². The Labute approximate surface area is 158 Å². The van der Waals surface area contributed by atoms with Crippen molar-refractivity contribution in [1.29, 1.82) is 0 Å². The molecule has 0 atom stereocenters. The molecule has 0 radical (unpaired) electrons. The molecule has 0 N–H and O–H groups in total. The molecule has 0 unspecified atom stereocenters. The van der Waals surface area contributed by atoms with Gasteiger partial charge in [-0.1, -0.05) is 43.3 Å². The molecule has 0 aliphatic heterocycles. The van der Waals surface area contributed by atoms with Crippen LogP contribution in [0.2, 0.25) is 0 Å². The average Bonchev–Trinajstić information content (AvgIpc) is 3.14. The molecule has 1 heterocycles. The summed E-state index contributed by atoms with van der Waals surface area (Å²) in [6.07, 6.45) is 1.79. The van der Waals surface area contributed by atoms with Gasteiger partial charge in [-0.25, -0.2) is 20.8 Å². The van der Waals surface area contributed by atoms with Crippen molar-refractivity contribution in [3.63, 3.8) is 0 Å². The lowest BCUT2D eigenvalue weighted by atomic mass is 10.1. The zero-order valence-electron chi connectivity index (χ0n) is 14.4. The minimum absolute atomic E-state index is 0.0601. The predicted molar refractivity (Wildman–Crippen MR) is 102 cm³/mol. The van der Waals surface area contributed by atoms with E-state index in [1.165, 1.54) is 37.4 Å². The molecule has 0 saturated heterocycles. The van der Waals surface area contributed by atoms with Crippen molar-refractivity contribution >= 4 is 26.1 Å². The Morgan fingerprint density at radius 1 is 0.889 bits per heavy atom. The molecule has 3 rings (SSSR count). The van der Waals surface area contributed by atoms with Gasteiger partial charge in [0.2, 0.25) is 0 Å². The Morgan fingerprint density at radius 2 is 1.56 bits per heavy atom. The van der Waals surface area contributed by atoms with Gasteiger partial charge in [-0.3, -0.25) is 4.79 Å². The molecule has 1 aromatic heterocycles. The minimum atomic E-state index is -4.10. The van der Waals surface area contributed by atoms with Crippen molar-refractivity contribution in [2.75, 3.05) is 5.75 Å². The van der Waals surface area contributed by atoms with Gasteiger partial charge in [0.25, 0.3) is 10.0 Å². The molecule has 0 aliphatic rings. The second-order valence-electron chi connectivity index (χ2n) is 5.82. The Kier molecular flexibility index (Phi) is 5.03. The monoisotopic (exact) mass is 403 g/mol. The maximum Gasteiger partial charge on any atom is 0.268 e. The number of hydrogen-bond donors (Lipinski definition) is 0. The molecule has 8 heteroatoms. The average molecular weight is 403 g/mol. The first-order chi connectivity index (χ1) is 12.8. The van der Waals surface area contributed by atoms with Crippen molar-refractivity contribution in [1.82, 2.24) is 3.97 Å². The highest BCUT2D eigenvalue weighted by Gasteiger charge is 2.23. The molecule has 0 fully saturated rings. The number of sulfone groups is 1. The summed E-state index contributed by atoms with van der Waals surface area (Å²) in [4.78, 5) is 11.0. The smallest absolute Gasteiger partial charge is 0.268 e. The number of nitrogens with zero attached hydrogens (tertiary/aromatic N) is 1. The first-order valence-corrected chi connectivity index (χ1v) is 11.2. The largest absolute Gasteiger partial charge is 0.298 e. The molecule has 0 saturated carbocycles. The normalized spacial score (nSPS) is 12.0. The molecule has 2 aromatic carbocycles. The summed E-state index contributed by atoms with van der Waals surface area (Å²) in [5.41, 5.74) is 1.14. The fraction of sp³-hybridized carbons (Fsp3) is 0.105. The predicted octanol–water partition coefficient (Wildman–Crippen LogP) is 3.00. The van der Waals surface area contributed by atoms with E-state index in [1.807, 2.05) is 0 Å². The van der Waals surface area contributed by atoms with Gasteiger partial charge in [-0.15, -0.1) is 0 Å². The summed E-state index contributed by atoms with van der Waals surface area (Å²) < 4.78 is 51.6. The SMILES string of the molecule is CCS(=O)(=O)c1cccc(S(=O)(=O)n2cc(C=O)cc2-c2ccccc2)c1. The highest BCUT2D eigenvalue weighted by Crippen LogP contribution is 2.27. The fourth-order valence-corrected chi connectivity index (χ4v) is 5.09. The molecule has 3 aromatic rings. The van der Waals surface area contributed by atoms with Crippen LogP contribution in [0.3, 0.4) is 0 Å². The minimum Gasteiger partial charge on any atom is -0.298 e. The van der Waals surface area contributed by atoms with Crippen molar-refractivity contribution < 1.29 is 21.6 Å². The van der Waals surface area contributed by atoms with Crippen LogP contribution in [0, 0.1) is 0 Å². The van der Waals surface area contributed by atoms with E-state index in [4.69, 9.17) is 0 Å². The molecule has 0 spiro atoms. The van der Waals surface area contributed by atoms with Crippen LogP contribution < -0.4 is 0 Å². The second-order valence-corrected chi connectivity index (χ2v) is 9.91. The van der Waals surface area contributed by atoms with E-state index in [0.717, 1.165) is 10.0 Å². The molecule has 0 bridgehead atoms. The molecular weight excluding hydrogens is 386 g/mol. The summed E-state index contributed by atoms with van der Waals surface area (Å²) in [6.45, 7) is 1.49. The first kappa shape index (κ1) is 19.1. The van der Waals surface area contributed by atoms with Gasteiger partial charge in [-0.05, 0) is 29.8 Å². The highest BCUT2D eigenvalue weighted by atomic mass is 32.2. The molecule has 0 aliphatic carbocycles. The van der Waals surface area contributed by atoms with E-state index in [1.54, 1.807) is 30.3 Å². The maximum atomic E-state index is 13.2. The molecule has 140 valence electrons. The number of aromatic nitrogens is 1. The number of carbonyl (C=O) groups is 1. The number of aldehydes is 1. The fourth-order valence-electron chi connectivity index (χ4n) is 2.65. The van der Waals surface area contributed by atoms with Crippen LogP contribution in [0.25, 0.3) is 11.3 Å². The van der Waals surface area contributed by atoms with Crippen LogP contribution >= 0.6 is 0 Å². The van der Waals surface area contributed by atoms with Crippen molar-refractivity contribution in [2.24, 2.45) is 0 Å². The lowest BCUT2D eigenvalue weighted by Gasteiger charge is -2.12. The van der Waals surface area contributed by atoms with E-state index < -0.39 is 19.9 Å². The second kappa shape index (κ2) is 7.13. The summed E-state index contributed by atoms with van der Waals surface area (Å²) in [7, 11) is -7.66. The van der Waals surface area contributed by atoms with Gasteiger partial charge < -0.3 is 0 Å². The molecular formula is C19H17NO5S2. The third-order valence-corrected chi connectivity index (χ3v) is 7.52. The maximum absolute atomic E-state index is 13.2. The van der Waals surface area contributed by atoms with Crippen LogP contribution in [0.15, 0.2) is 76.7 Å².